The van der Waals surface area contributed by atoms with Crippen LogP contribution in [0.1, 0.15) is 5.56 Å². The SMILES string of the molecule is O=[N+]([O-])c1cccc(C2=NNC(=Nc3ccc(Cl)cc3)SC2)c1. The van der Waals surface area contributed by atoms with Gasteiger partial charge in [-0.1, -0.05) is 35.5 Å². The molecule has 1 heterocycles. The van der Waals surface area contributed by atoms with E-state index in [4.69, 9.17) is 11.6 Å². The van der Waals surface area contributed by atoms with Crippen molar-refractivity contribution in [1.29, 1.82) is 0 Å². The topological polar surface area (TPSA) is 79.9 Å². The largest absolute Gasteiger partial charge is 0.270 e. The maximum absolute atomic E-state index is 10.8. The van der Waals surface area contributed by atoms with E-state index in [0.29, 0.717) is 15.9 Å². The van der Waals surface area contributed by atoms with Crippen LogP contribution in [0.15, 0.2) is 58.6 Å². The van der Waals surface area contributed by atoms with Gasteiger partial charge in [0.15, 0.2) is 5.17 Å². The minimum atomic E-state index is -0.416. The van der Waals surface area contributed by atoms with Crippen molar-refractivity contribution < 1.29 is 4.92 Å². The fourth-order valence-corrected chi connectivity index (χ4v) is 2.86. The predicted molar refractivity (Wildman–Crippen MR) is 93.8 cm³/mol. The van der Waals surface area contributed by atoms with Crippen molar-refractivity contribution in [1.82, 2.24) is 5.43 Å². The van der Waals surface area contributed by atoms with Gasteiger partial charge < -0.3 is 0 Å². The number of hydrogen-bond donors (Lipinski definition) is 1. The Bertz CT molecular complexity index is 805. The van der Waals surface area contributed by atoms with Gasteiger partial charge in [-0.05, 0) is 24.3 Å². The lowest BCUT2D eigenvalue weighted by Crippen LogP contribution is -2.25. The quantitative estimate of drug-likeness (QED) is 0.673. The molecule has 116 valence electrons. The van der Waals surface area contributed by atoms with E-state index in [1.807, 2.05) is 12.1 Å². The van der Waals surface area contributed by atoms with Crippen molar-refractivity contribution in [2.45, 2.75) is 0 Å². The zero-order valence-corrected chi connectivity index (χ0v) is 13.3. The molecule has 1 N–H and O–H groups in total. The zero-order chi connectivity index (χ0) is 16.2. The first kappa shape index (κ1) is 15.5. The van der Waals surface area contributed by atoms with E-state index in [1.54, 1.807) is 24.3 Å². The normalized spacial score (nSPS) is 15.9. The summed E-state index contributed by atoms with van der Waals surface area (Å²) < 4.78 is 0. The molecule has 8 heteroatoms. The highest BCUT2D eigenvalue weighted by molar-refractivity contribution is 8.14. The summed E-state index contributed by atoms with van der Waals surface area (Å²) in [5.74, 6) is 0.584. The third kappa shape index (κ3) is 3.88. The van der Waals surface area contributed by atoms with Gasteiger partial charge in [-0.15, -0.1) is 0 Å². The summed E-state index contributed by atoms with van der Waals surface area (Å²) in [6, 6.07) is 13.6. The fourth-order valence-electron chi connectivity index (χ4n) is 1.95. The molecule has 6 nitrogen and oxygen atoms in total. The van der Waals surface area contributed by atoms with Gasteiger partial charge in [0.2, 0.25) is 0 Å². The van der Waals surface area contributed by atoms with E-state index in [-0.39, 0.29) is 5.69 Å². The standard InChI is InChI=1S/C15H11ClN4O2S/c16-11-4-6-12(7-5-11)17-15-19-18-14(9-23-15)10-2-1-3-13(8-10)20(21)22/h1-8H,9H2,(H,17,19). The molecule has 1 aliphatic rings. The van der Waals surface area contributed by atoms with E-state index < -0.39 is 4.92 Å². The Morgan fingerprint density at radius 1 is 1.26 bits per heavy atom. The van der Waals surface area contributed by atoms with Crippen molar-refractivity contribution in [3.63, 3.8) is 0 Å². The summed E-state index contributed by atoms with van der Waals surface area (Å²) in [5.41, 5.74) is 5.18. The number of nitrogens with one attached hydrogen (secondary N) is 1. The fraction of sp³-hybridized carbons (Fsp3) is 0.0667. The van der Waals surface area contributed by atoms with Crippen LogP contribution in [0.4, 0.5) is 11.4 Å². The van der Waals surface area contributed by atoms with Crippen LogP contribution in [0.2, 0.25) is 5.02 Å². The first-order chi connectivity index (χ1) is 11.1. The summed E-state index contributed by atoms with van der Waals surface area (Å²) in [5, 5.41) is 16.4. The van der Waals surface area contributed by atoms with Crippen LogP contribution in [0, 0.1) is 10.1 Å². The number of amidine groups is 1. The molecule has 0 aliphatic carbocycles. The molecule has 0 radical (unpaired) electrons. The molecule has 0 fully saturated rings. The summed E-state index contributed by atoms with van der Waals surface area (Å²) in [7, 11) is 0. The van der Waals surface area contributed by atoms with E-state index in [0.717, 1.165) is 17.0 Å². The Labute approximate surface area is 141 Å². The van der Waals surface area contributed by atoms with Crippen LogP contribution >= 0.6 is 23.4 Å². The first-order valence-electron chi connectivity index (χ1n) is 6.66. The summed E-state index contributed by atoms with van der Waals surface area (Å²) in [6.07, 6.45) is 0. The smallest absolute Gasteiger partial charge is 0.258 e. The number of halogens is 1. The van der Waals surface area contributed by atoms with Gasteiger partial charge in [0.25, 0.3) is 5.69 Å². The summed E-state index contributed by atoms with van der Waals surface area (Å²) in [6.45, 7) is 0. The van der Waals surface area contributed by atoms with Gasteiger partial charge in [-0.25, -0.2) is 4.99 Å². The highest BCUT2D eigenvalue weighted by atomic mass is 35.5. The molecule has 1 aliphatic heterocycles. The van der Waals surface area contributed by atoms with Crippen molar-refractivity contribution in [2.24, 2.45) is 10.1 Å². The highest BCUT2D eigenvalue weighted by Crippen LogP contribution is 2.21. The number of aliphatic imine (C=N–C) groups is 1. The van der Waals surface area contributed by atoms with E-state index in [1.165, 1.54) is 23.9 Å². The first-order valence-corrected chi connectivity index (χ1v) is 8.02. The summed E-state index contributed by atoms with van der Waals surface area (Å²) in [4.78, 5) is 14.8. The minimum absolute atomic E-state index is 0.0517. The van der Waals surface area contributed by atoms with Gasteiger partial charge in [0.1, 0.15) is 0 Å². The summed E-state index contributed by atoms with van der Waals surface area (Å²) >= 11 is 7.32. The Morgan fingerprint density at radius 3 is 2.70 bits per heavy atom. The third-order valence-electron chi connectivity index (χ3n) is 3.08. The number of rotatable bonds is 3. The van der Waals surface area contributed by atoms with Crippen LogP contribution in [0.25, 0.3) is 0 Å². The lowest BCUT2D eigenvalue weighted by Gasteiger charge is -2.14. The maximum atomic E-state index is 10.8. The molecule has 0 saturated carbocycles. The van der Waals surface area contributed by atoms with Crippen LogP contribution in [0.3, 0.4) is 0 Å². The monoisotopic (exact) mass is 346 g/mol. The third-order valence-corrected chi connectivity index (χ3v) is 4.21. The van der Waals surface area contributed by atoms with Gasteiger partial charge in [0.05, 0.1) is 16.3 Å². The van der Waals surface area contributed by atoms with Crippen molar-refractivity contribution in [3.05, 3.63) is 69.2 Å². The predicted octanol–water partition coefficient (Wildman–Crippen LogP) is 3.98. The van der Waals surface area contributed by atoms with Crippen LogP contribution in [-0.4, -0.2) is 21.6 Å². The number of non-ortho nitro benzene ring substituents is 1. The van der Waals surface area contributed by atoms with E-state index in [9.17, 15) is 10.1 Å². The van der Waals surface area contributed by atoms with Gasteiger partial charge in [-0.2, -0.15) is 5.10 Å². The van der Waals surface area contributed by atoms with Crippen LogP contribution in [0.5, 0.6) is 0 Å². The molecule has 0 bridgehead atoms. The second-order valence-electron chi connectivity index (χ2n) is 4.66. The molecule has 2 aromatic rings. The molecule has 2 aromatic carbocycles. The molecule has 0 spiro atoms. The number of hydrogen-bond acceptors (Lipinski definition) is 5. The molecular weight excluding hydrogens is 336 g/mol. The van der Waals surface area contributed by atoms with E-state index in [2.05, 4.69) is 15.5 Å². The Morgan fingerprint density at radius 2 is 2.04 bits per heavy atom. The Hall–Kier alpha value is -2.38. The minimum Gasteiger partial charge on any atom is -0.258 e. The van der Waals surface area contributed by atoms with Crippen LogP contribution in [-0.2, 0) is 0 Å². The average molecular weight is 347 g/mol. The Kier molecular flexibility index (Phi) is 4.59. The number of nitro benzene ring substituents is 1. The lowest BCUT2D eigenvalue weighted by molar-refractivity contribution is -0.384. The second-order valence-corrected chi connectivity index (χ2v) is 6.06. The zero-order valence-electron chi connectivity index (χ0n) is 11.8. The van der Waals surface area contributed by atoms with Crippen molar-refractivity contribution >= 4 is 45.6 Å². The van der Waals surface area contributed by atoms with Gasteiger partial charge in [-0.3, -0.25) is 15.5 Å². The average Bonchev–Trinajstić information content (AvgIpc) is 2.58. The van der Waals surface area contributed by atoms with Gasteiger partial charge >= 0.3 is 0 Å². The number of thioether (sulfide) groups is 1. The second kappa shape index (κ2) is 6.80. The van der Waals surface area contributed by atoms with Crippen molar-refractivity contribution in [3.8, 4) is 0 Å². The molecule has 0 atom stereocenters. The molecule has 0 saturated heterocycles. The number of benzene rings is 2. The molecular formula is C15H11ClN4O2S. The Balaban J connectivity index is 1.77. The van der Waals surface area contributed by atoms with E-state index >= 15 is 0 Å². The molecule has 3 rings (SSSR count). The molecule has 0 amide bonds. The van der Waals surface area contributed by atoms with Crippen LogP contribution < -0.4 is 5.43 Å². The molecule has 0 unspecified atom stereocenters. The van der Waals surface area contributed by atoms with Crippen molar-refractivity contribution in [2.75, 3.05) is 5.75 Å². The highest BCUT2D eigenvalue weighted by Gasteiger charge is 2.15. The van der Waals surface area contributed by atoms with Gasteiger partial charge in [0, 0.05) is 28.5 Å². The lowest BCUT2D eigenvalue weighted by atomic mass is 10.1. The number of hydrazone groups is 1. The number of nitrogens with zero attached hydrogens (tertiary/aromatic N) is 3. The number of nitro groups is 1. The maximum Gasteiger partial charge on any atom is 0.270 e. The molecule has 0 aromatic heterocycles. The molecule has 23 heavy (non-hydrogen) atoms.